The molecule has 2 rings (SSSR count). The number of para-hydroxylation sites is 1. The van der Waals surface area contributed by atoms with Crippen molar-refractivity contribution in [1.82, 2.24) is 5.32 Å². The summed E-state index contributed by atoms with van der Waals surface area (Å²) in [5.74, 6) is 0.249. The number of hydrogen-bond donors (Lipinski definition) is 1. The zero-order valence-corrected chi connectivity index (χ0v) is 14.8. The quantitative estimate of drug-likeness (QED) is 0.519. The van der Waals surface area contributed by atoms with Crippen molar-refractivity contribution in [2.24, 2.45) is 0 Å². The molecule has 1 aliphatic rings. The van der Waals surface area contributed by atoms with Gasteiger partial charge in [0.2, 0.25) is 0 Å². The van der Waals surface area contributed by atoms with Gasteiger partial charge in [-0.1, -0.05) is 18.6 Å². The zero-order valence-electron chi connectivity index (χ0n) is 14.8. The maximum Gasteiger partial charge on any atom is 0.305 e. The molecule has 25 heavy (non-hydrogen) atoms. The highest BCUT2D eigenvalue weighted by Gasteiger charge is 2.18. The zero-order chi connectivity index (χ0) is 17.9. The highest BCUT2D eigenvalue weighted by Crippen LogP contribution is 2.20. The number of nitrogens with one attached hydrogen (secondary N) is 1. The fourth-order valence-electron chi connectivity index (χ4n) is 2.71. The lowest BCUT2D eigenvalue weighted by atomic mass is 10.1. The van der Waals surface area contributed by atoms with Crippen LogP contribution < -0.4 is 10.1 Å². The third-order valence-electron chi connectivity index (χ3n) is 4.15. The Bertz CT molecular complexity index is 555. The normalized spacial score (nSPS) is 16.4. The van der Waals surface area contributed by atoms with Crippen LogP contribution in [0.3, 0.4) is 0 Å². The highest BCUT2D eigenvalue weighted by atomic mass is 16.5. The molecule has 6 nitrogen and oxygen atoms in total. The van der Waals surface area contributed by atoms with Crippen molar-refractivity contribution in [3.63, 3.8) is 0 Å². The average molecular weight is 349 g/mol. The second-order valence-corrected chi connectivity index (χ2v) is 6.08. The van der Waals surface area contributed by atoms with Crippen molar-refractivity contribution < 1.29 is 23.8 Å². The molecule has 1 atom stereocenters. The predicted molar refractivity (Wildman–Crippen MR) is 93.7 cm³/mol. The van der Waals surface area contributed by atoms with Crippen molar-refractivity contribution in [2.45, 2.75) is 44.6 Å². The van der Waals surface area contributed by atoms with E-state index >= 15 is 0 Å². The van der Waals surface area contributed by atoms with Crippen LogP contribution in [0.4, 0.5) is 0 Å². The van der Waals surface area contributed by atoms with Gasteiger partial charge in [0.1, 0.15) is 12.4 Å². The second-order valence-electron chi connectivity index (χ2n) is 6.08. The maximum atomic E-state index is 12.4. The molecule has 1 fully saturated rings. The summed E-state index contributed by atoms with van der Waals surface area (Å²) < 4.78 is 15.9. The smallest absolute Gasteiger partial charge is 0.305 e. The number of hydrogen-bond acceptors (Lipinski definition) is 5. The van der Waals surface area contributed by atoms with Gasteiger partial charge < -0.3 is 19.5 Å². The number of methoxy groups -OCH3 is 1. The molecule has 0 bridgehead atoms. The van der Waals surface area contributed by atoms with Crippen LogP contribution in [0.15, 0.2) is 24.3 Å². The van der Waals surface area contributed by atoms with Gasteiger partial charge in [0.25, 0.3) is 5.91 Å². The summed E-state index contributed by atoms with van der Waals surface area (Å²) >= 11 is 0. The van der Waals surface area contributed by atoms with E-state index in [4.69, 9.17) is 9.47 Å². The van der Waals surface area contributed by atoms with Crippen molar-refractivity contribution in [1.29, 1.82) is 0 Å². The van der Waals surface area contributed by atoms with Crippen LogP contribution in [0.5, 0.6) is 5.75 Å². The monoisotopic (exact) mass is 349 g/mol. The van der Waals surface area contributed by atoms with Crippen molar-refractivity contribution in [2.75, 3.05) is 26.9 Å². The molecule has 1 saturated heterocycles. The van der Waals surface area contributed by atoms with E-state index in [9.17, 15) is 9.59 Å². The molecule has 1 heterocycles. The number of rotatable bonds is 10. The third kappa shape index (κ3) is 6.74. The standard InChI is InChI=1S/C19H27NO5/c1-23-18(21)11-3-2-6-12-20-19(22)16-9-4-5-10-17(16)25-14-15-8-7-13-24-15/h4-5,9-10,15H,2-3,6-8,11-14H2,1H3,(H,20,22)/t15-/m1/s1. The molecule has 1 N–H and O–H groups in total. The van der Waals surface area contributed by atoms with Gasteiger partial charge in [0.05, 0.1) is 18.8 Å². The molecule has 1 aromatic carbocycles. The van der Waals surface area contributed by atoms with Crippen molar-refractivity contribution in [3.8, 4) is 5.75 Å². The lowest BCUT2D eigenvalue weighted by Gasteiger charge is -2.14. The number of esters is 1. The lowest BCUT2D eigenvalue weighted by Crippen LogP contribution is -2.25. The molecule has 0 aliphatic carbocycles. The Morgan fingerprint density at radius 1 is 1.24 bits per heavy atom. The van der Waals surface area contributed by atoms with Crippen LogP contribution in [0, 0.1) is 0 Å². The Labute approximate surface area is 148 Å². The number of carbonyl (C=O) groups excluding carboxylic acids is 2. The van der Waals surface area contributed by atoms with E-state index in [1.807, 2.05) is 12.1 Å². The number of amides is 1. The van der Waals surface area contributed by atoms with Crippen LogP contribution in [-0.4, -0.2) is 44.8 Å². The summed E-state index contributed by atoms with van der Waals surface area (Å²) in [5.41, 5.74) is 0.537. The minimum Gasteiger partial charge on any atom is -0.490 e. The Kier molecular flexibility index (Phi) is 8.25. The van der Waals surface area contributed by atoms with E-state index in [0.29, 0.717) is 30.9 Å². The van der Waals surface area contributed by atoms with Crippen molar-refractivity contribution >= 4 is 11.9 Å². The molecule has 6 heteroatoms. The fraction of sp³-hybridized carbons (Fsp3) is 0.579. The lowest BCUT2D eigenvalue weighted by molar-refractivity contribution is -0.140. The molecule has 0 aromatic heterocycles. The number of benzene rings is 1. The van der Waals surface area contributed by atoms with Gasteiger partial charge in [0.15, 0.2) is 0 Å². The van der Waals surface area contributed by atoms with E-state index in [2.05, 4.69) is 10.1 Å². The van der Waals surface area contributed by atoms with Crippen LogP contribution in [0.1, 0.15) is 48.9 Å². The Morgan fingerprint density at radius 3 is 2.84 bits per heavy atom. The average Bonchev–Trinajstić information content (AvgIpc) is 3.16. The molecule has 1 aliphatic heterocycles. The summed E-state index contributed by atoms with van der Waals surface area (Å²) in [6.45, 7) is 1.82. The molecular formula is C19H27NO5. The molecule has 1 amide bonds. The largest absolute Gasteiger partial charge is 0.490 e. The first-order valence-electron chi connectivity index (χ1n) is 8.89. The minimum absolute atomic E-state index is 0.117. The first kappa shape index (κ1) is 19.2. The van der Waals surface area contributed by atoms with Gasteiger partial charge in [-0.05, 0) is 37.8 Å². The van der Waals surface area contributed by atoms with Gasteiger partial charge in [-0.3, -0.25) is 9.59 Å². The Morgan fingerprint density at radius 2 is 2.08 bits per heavy atom. The fourth-order valence-corrected chi connectivity index (χ4v) is 2.71. The molecule has 0 spiro atoms. The number of carbonyl (C=O) groups is 2. The Hall–Kier alpha value is -2.08. The van der Waals surface area contributed by atoms with Gasteiger partial charge in [-0.15, -0.1) is 0 Å². The van der Waals surface area contributed by atoms with E-state index in [1.165, 1.54) is 7.11 Å². The van der Waals surface area contributed by atoms with E-state index in [1.54, 1.807) is 12.1 Å². The summed E-state index contributed by atoms with van der Waals surface area (Å²) in [5, 5.41) is 2.90. The summed E-state index contributed by atoms with van der Waals surface area (Å²) in [4.78, 5) is 23.4. The van der Waals surface area contributed by atoms with Crippen LogP contribution in [-0.2, 0) is 14.3 Å². The van der Waals surface area contributed by atoms with Gasteiger partial charge in [0, 0.05) is 19.6 Å². The van der Waals surface area contributed by atoms with Crippen molar-refractivity contribution in [3.05, 3.63) is 29.8 Å². The Balaban J connectivity index is 1.72. The molecule has 0 saturated carbocycles. The summed E-state index contributed by atoms with van der Waals surface area (Å²) in [6.07, 6.45) is 5.06. The third-order valence-corrected chi connectivity index (χ3v) is 4.15. The second kappa shape index (κ2) is 10.7. The molecule has 1 aromatic rings. The molecular weight excluding hydrogens is 322 g/mol. The first-order chi connectivity index (χ1) is 12.2. The van der Waals surface area contributed by atoms with Gasteiger partial charge in [-0.2, -0.15) is 0 Å². The SMILES string of the molecule is COC(=O)CCCCCNC(=O)c1ccccc1OC[C@H]1CCCO1. The topological polar surface area (TPSA) is 73.9 Å². The molecule has 0 radical (unpaired) electrons. The van der Waals surface area contributed by atoms with Crippen LogP contribution in [0.2, 0.25) is 0 Å². The minimum atomic E-state index is -0.193. The summed E-state index contributed by atoms with van der Waals surface area (Å²) in [7, 11) is 1.39. The number of unbranched alkanes of at least 4 members (excludes halogenated alkanes) is 2. The first-order valence-corrected chi connectivity index (χ1v) is 8.89. The summed E-state index contributed by atoms with van der Waals surface area (Å²) in [6, 6.07) is 7.25. The molecule has 0 unspecified atom stereocenters. The van der Waals surface area contributed by atoms with E-state index < -0.39 is 0 Å². The van der Waals surface area contributed by atoms with Crippen LogP contribution in [0.25, 0.3) is 0 Å². The molecule has 138 valence electrons. The maximum absolute atomic E-state index is 12.4. The highest BCUT2D eigenvalue weighted by molar-refractivity contribution is 5.96. The van der Waals surface area contributed by atoms with E-state index in [-0.39, 0.29) is 18.0 Å². The number of ether oxygens (including phenoxy) is 3. The van der Waals surface area contributed by atoms with Gasteiger partial charge in [-0.25, -0.2) is 0 Å². The van der Waals surface area contributed by atoms with Crippen LogP contribution >= 0.6 is 0 Å². The van der Waals surface area contributed by atoms with Gasteiger partial charge >= 0.3 is 5.97 Å². The van der Waals surface area contributed by atoms with E-state index in [0.717, 1.165) is 38.7 Å². The predicted octanol–water partition coefficient (Wildman–Crippen LogP) is 2.71.